The summed E-state index contributed by atoms with van der Waals surface area (Å²) in [6.07, 6.45) is 0. The highest BCUT2D eigenvalue weighted by molar-refractivity contribution is 7.22. The molecule has 1 amide bonds. The first-order valence-electron chi connectivity index (χ1n) is 8.18. The molecule has 2 aromatic heterocycles. The highest BCUT2D eigenvalue weighted by Gasteiger charge is 2.24. The third kappa shape index (κ3) is 3.26. The molecule has 4 rings (SSSR count). The standard InChI is InChI=1S/C18H18ClN3OS2/c1-11-9-13-15(10-12(11)2)25-18(20-13)22-7-5-21(6-8-22)17(23)14-3-4-16(19)24-14/h3-4,9-10H,5-8H2,1-2H3. The van der Waals surface area contributed by atoms with Gasteiger partial charge in [-0.1, -0.05) is 22.9 Å². The van der Waals surface area contributed by atoms with Crippen molar-refractivity contribution in [2.45, 2.75) is 13.8 Å². The average molecular weight is 392 g/mol. The normalized spacial score (nSPS) is 15.2. The van der Waals surface area contributed by atoms with E-state index in [-0.39, 0.29) is 5.91 Å². The number of nitrogens with zero attached hydrogens (tertiary/aromatic N) is 3. The number of benzene rings is 1. The maximum absolute atomic E-state index is 12.5. The van der Waals surface area contributed by atoms with Crippen LogP contribution in [-0.2, 0) is 0 Å². The summed E-state index contributed by atoms with van der Waals surface area (Å²) in [6, 6.07) is 7.96. The third-order valence-corrected chi connectivity index (χ3v) is 6.91. The number of piperazine rings is 1. The van der Waals surface area contributed by atoms with E-state index in [1.807, 2.05) is 4.90 Å². The van der Waals surface area contributed by atoms with E-state index in [4.69, 9.17) is 16.6 Å². The van der Waals surface area contributed by atoms with Gasteiger partial charge in [0, 0.05) is 26.2 Å². The van der Waals surface area contributed by atoms with Gasteiger partial charge < -0.3 is 9.80 Å². The number of anilines is 1. The fraction of sp³-hybridized carbons (Fsp3) is 0.333. The van der Waals surface area contributed by atoms with Gasteiger partial charge in [-0.25, -0.2) is 4.98 Å². The van der Waals surface area contributed by atoms with Gasteiger partial charge in [0.1, 0.15) is 0 Å². The van der Waals surface area contributed by atoms with Crippen LogP contribution in [0.5, 0.6) is 0 Å². The van der Waals surface area contributed by atoms with Crippen LogP contribution in [0.1, 0.15) is 20.8 Å². The molecule has 130 valence electrons. The number of hydrogen-bond donors (Lipinski definition) is 0. The number of thiophene rings is 1. The number of aromatic nitrogens is 1. The second-order valence-corrected chi connectivity index (χ2v) is 9.01. The van der Waals surface area contributed by atoms with Crippen molar-refractivity contribution in [2.24, 2.45) is 0 Å². The molecular weight excluding hydrogens is 374 g/mol. The molecule has 0 atom stereocenters. The molecule has 0 spiro atoms. The molecular formula is C18H18ClN3OS2. The van der Waals surface area contributed by atoms with Crippen molar-refractivity contribution in [3.8, 4) is 0 Å². The molecule has 1 aliphatic rings. The van der Waals surface area contributed by atoms with Crippen molar-refractivity contribution in [1.82, 2.24) is 9.88 Å². The largest absolute Gasteiger partial charge is 0.345 e. The van der Waals surface area contributed by atoms with Crippen LogP contribution >= 0.6 is 34.3 Å². The number of carbonyl (C=O) groups is 1. The first kappa shape index (κ1) is 16.8. The summed E-state index contributed by atoms with van der Waals surface area (Å²) < 4.78 is 1.88. The number of halogens is 1. The van der Waals surface area contributed by atoms with E-state index in [1.165, 1.54) is 27.2 Å². The van der Waals surface area contributed by atoms with E-state index in [9.17, 15) is 4.79 Å². The maximum atomic E-state index is 12.5. The minimum absolute atomic E-state index is 0.0760. The van der Waals surface area contributed by atoms with Gasteiger partial charge in [0.05, 0.1) is 19.4 Å². The molecule has 0 N–H and O–H groups in total. The molecule has 0 unspecified atom stereocenters. The van der Waals surface area contributed by atoms with E-state index in [0.29, 0.717) is 22.3 Å². The Hall–Kier alpha value is -1.63. The lowest BCUT2D eigenvalue weighted by Gasteiger charge is -2.34. The predicted molar refractivity (Wildman–Crippen MR) is 107 cm³/mol. The molecule has 7 heteroatoms. The van der Waals surface area contributed by atoms with Gasteiger partial charge in [-0.15, -0.1) is 11.3 Å². The molecule has 1 aromatic carbocycles. The summed E-state index contributed by atoms with van der Waals surface area (Å²) in [5.41, 5.74) is 3.64. The summed E-state index contributed by atoms with van der Waals surface area (Å²) in [4.78, 5) is 22.2. The van der Waals surface area contributed by atoms with Gasteiger partial charge in [-0.3, -0.25) is 4.79 Å². The number of fused-ring (bicyclic) bond motifs is 1. The van der Waals surface area contributed by atoms with Crippen molar-refractivity contribution in [2.75, 3.05) is 31.1 Å². The van der Waals surface area contributed by atoms with Crippen molar-refractivity contribution in [1.29, 1.82) is 0 Å². The van der Waals surface area contributed by atoms with Gasteiger partial charge in [-0.05, 0) is 49.2 Å². The predicted octanol–water partition coefficient (Wildman–Crippen LogP) is 4.59. The molecule has 1 fully saturated rings. The monoisotopic (exact) mass is 391 g/mol. The van der Waals surface area contributed by atoms with Crippen molar-refractivity contribution in [3.63, 3.8) is 0 Å². The Labute approximate surface area is 159 Å². The summed E-state index contributed by atoms with van der Waals surface area (Å²) in [6.45, 7) is 7.29. The molecule has 0 saturated carbocycles. The average Bonchev–Trinajstić information content (AvgIpc) is 3.21. The molecule has 4 nitrogen and oxygen atoms in total. The number of thiazole rings is 1. The van der Waals surface area contributed by atoms with Crippen molar-refractivity contribution < 1.29 is 4.79 Å². The topological polar surface area (TPSA) is 36.4 Å². The van der Waals surface area contributed by atoms with Gasteiger partial charge in [0.2, 0.25) is 0 Å². The zero-order valence-corrected chi connectivity index (χ0v) is 16.5. The van der Waals surface area contributed by atoms with E-state index in [2.05, 4.69) is 30.9 Å². The fourth-order valence-electron chi connectivity index (χ4n) is 2.99. The molecule has 0 radical (unpaired) electrons. The molecule has 1 saturated heterocycles. The maximum Gasteiger partial charge on any atom is 0.264 e. The smallest absolute Gasteiger partial charge is 0.264 e. The molecule has 3 aromatic rings. The first-order valence-corrected chi connectivity index (χ1v) is 10.2. The minimum Gasteiger partial charge on any atom is -0.345 e. The van der Waals surface area contributed by atoms with Crippen LogP contribution in [0.3, 0.4) is 0 Å². The van der Waals surface area contributed by atoms with Crippen molar-refractivity contribution >= 4 is 55.5 Å². The van der Waals surface area contributed by atoms with Crippen LogP contribution in [-0.4, -0.2) is 42.0 Å². The Morgan fingerprint density at radius 2 is 1.80 bits per heavy atom. The second kappa shape index (κ2) is 6.59. The van der Waals surface area contributed by atoms with Gasteiger partial charge >= 0.3 is 0 Å². The highest BCUT2D eigenvalue weighted by atomic mass is 35.5. The van der Waals surface area contributed by atoms with Gasteiger partial charge in [0.25, 0.3) is 5.91 Å². The van der Waals surface area contributed by atoms with Crippen molar-refractivity contribution in [3.05, 3.63) is 44.6 Å². The molecule has 25 heavy (non-hydrogen) atoms. The van der Waals surface area contributed by atoms with Crippen LogP contribution in [0.15, 0.2) is 24.3 Å². The van der Waals surface area contributed by atoms with Crippen LogP contribution in [0.4, 0.5) is 5.13 Å². The highest BCUT2D eigenvalue weighted by Crippen LogP contribution is 2.31. The molecule has 3 heterocycles. The van der Waals surface area contributed by atoms with Crippen LogP contribution < -0.4 is 4.90 Å². The van der Waals surface area contributed by atoms with Gasteiger partial charge in [0.15, 0.2) is 5.13 Å². The summed E-state index contributed by atoms with van der Waals surface area (Å²) in [5, 5.41) is 1.05. The lowest BCUT2D eigenvalue weighted by Crippen LogP contribution is -2.48. The Morgan fingerprint density at radius 1 is 1.08 bits per heavy atom. The van der Waals surface area contributed by atoms with Crippen LogP contribution in [0, 0.1) is 13.8 Å². The Balaban J connectivity index is 1.47. The zero-order chi connectivity index (χ0) is 17.6. The Morgan fingerprint density at radius 3 is 2.48 bits per heavy atom. The third-order valence-electron chi connectivity index (χ3n) is 4.61. The Bertz CT molecular complexity index is 902. The zero-order valence-electron chi connectivity index (χ0n) is 14.1. The summed E-state index contributed by atoms with van der Waals surface area (Å²) in [7, 11) is 0. The fourth-order valence-corrected chi connectivity index (χ4v) is 5.10. The van der Waals surface area contributed by atoms with Gasteiger partial charge in [-0.2, -0.15) is 0 Å². The number of hydrogen-bond acceptors (Lipinski definition) is 5. The number of rotatable bonds is 2. The quantitative estimate of drug-likeness (QED) is 0.641. The van der Waals surface area contributed by atoms with E-state index in [0.717, 1.165) is 23.7 Å². The number of carbonyl (C=O) groups excluding carboxylic acids is 1. The van der Waals surface area contributed by atoms with E-state index < -0.39 is 0 Å². The lowest BCUT2D eigenvalue weighted by atomic mass is 10.1. The minimum atomic E-state index is 0.0760. The number of amides is 1. The number of aryl methyl sites for hydroxylation is 2. The molecule has 1 aliphatic heterocycles. The van der Waals surface area contributed by atoms with E-state index >= 15 is 0 Å². The molecule has 0 bridgehead atoms. The second-order valence-electron chi connectivity index (χ2n) is 6.28. The van der Waals surface area contributed by atoms with Crippen LogP contribution in [0.2, 0.25) is 4.34 Å². The SMILES string of the molecule is Cc1cc2nc(N3CCN(C(=O)c4ccc(Cl)s4)CC3)sc2cc1C. The van der Waals surface area contributed by atoms with Crippen LogP contribution in [0.25, 0.3) is 10.2 Å². The van der Waals surface area contributed by atoms with E-state index in [1.54, 1.807) is 23.5 Å². The first-order chi connectivity index (χ1) is 12.0. The lowest BCUT2D eigenvalue weighted by molar-refractivity contribution is 0.0751. The summed E-state index contributed by atoms with van der Waals surface area (Å²) in [5.74, 6) is 0.0760. The molecule has 0 aliphatic carbocycles. The summed E-state index contributed by atoms with van der Waals surface area (Å²) >= 11 is 9.01. The Kier molecular flexibility index (Phi) is 4.43.